The molecule has 0 amide bonds. The Morgan fingerprint density at radius 3 is 1.60 bits per heavy atom. The van der Waals surface area contributed by atoms with E-state index in [1.54, 1.807) is 0 Å². The molecule has 0 radical (unpaired) electrons. The summed E-state index contributed by atoms with van der Waals surface area (Å²) in [6.07, 6.45) is -19.4. The maximum atomic E-state index is 13.3. The van der Waals surface area contributed by atoms with Crippen molar-refractivity contribution in [2.75, 3.05) is 25.6 Å². The zero-order chi connectivity index (χ0) is 43.8. The third-order valence-electron chi connectivity index (χ3n) is 9.00. The van der Waals surface area contributed by atoms with Gasteiger partial charge in [0.25, 0.3) is 11.1 Å². The van der Waals surface area contributed by atoms with Crippen LogP contribution in [0.3, 0.4) is 0 Å². The van der Waals surface area contributed by atoms with E-state index in [9.17, 15) is 67.9 Å². The molecule has 30 nitrogen and oxygen atoms in total. The molecule has 6 heterocycles. The molecule has 3 saturated heterocycles. The van der Waals surface area contributed by atoms with Gasteiger partial charge in [-0.3, -0.25) is 51.4 Å². The molecule has 15 atom stereocenters. The lowest BCUT2D eigenvalue weighted by molar-refractivity contribution is -0.0639. The predicted octanol–water partition coefficient (Wildman–Crippen LogP) is -5.27. The first-order chi connectivity index (χ1) is 28.1. The normalized spacial score (nSPS) is 32.8. The third kappa shape index (κ3) is 10.2. The molecule has 0 aliphatic carbocycles. The van der Waals surface area contributed by atoms with E-state index >= 15 is 0 Å². The van der Waals surface area contributed by atoms with Gasteiger partial charge in [-0.25, -0.2) is 23.5 Å². The van der Waals surface area contributed by atoms with Gasteiger partial charge < -0.3 is 50.2 Å². The fourth-order valence-corrected chi connectivity index (χ4v) is 8.44. The molecule has 3 fully saturated rings. The Morgan fingerprint density at radius 1 is 0.683 bits per heavy atom. The quantitative estimate of drug-likeness (QED) is 0.0600. The predicted molar refractivity (Wildman–Crippen MR) is 188 cm³/mol. The topological polar surface area (TPSA) is 437 Å². The van der Waals surface area contributed by atoms with Gasteiger partial charge in [-0.05, 0) is 6.07 Å². The van der Waals surface area contributed by atoms with Crippen molar-refractivity contribution in [3.8, 4) is 0 Å². The number of aliphatic hydroxyl groups excluding tert-OH is 4. The number of phosphoric ester groups is 2. The SMILES string of the molecule is Nc1ccn([C@@H]2O[C@H](CO[P+](=O)O)[C@@H](OP(=O)(O)OC[C@H]3O[C@@H](n4ccc(=O)[nH]c4=O)[C@H](O)[C@@H]3OP(=O)(O)OC[C@H]3O[C@@H](n4ccc(=O)[nH]c4=O)[C@H](O)[C@@H]3O)[C@H]2O)c(=O)n1. The molecule has 0 spiro atoms. The van der Waals surface area contributed by atoms with E-state index in [1.165, 1.54) is 0 Å². The largest absolute Gasteiger partial charge is 0.694 e. The van der Waals surface area contributed by atoms with Crippen LogP contribution in [0.5, 0.6) is 0 Å². The van der Waals surface area contributed by atoms with Crippen molar-refractivity contribution in [1.29, 1.82) is 0 Å². The maximum absolute atomic E-state index is 13.3. The molecule has 0 saturated carbocycles. The molecule has 330 valence electrons. The second kappa shape index (κ2) is 18.2. The number of nitrogens with zero attached hydrogens (tertiary/aromatic N) is 4. The van der Waals surface area contributed by atoms with Crippen LogP contribution in [0.1, 0.15) is 18.7 Å². The summed E-state index contributed by atoms with van der Waals surface area (Å²) < 4.78 is 81.2. The molecular formula is C27H35N7O23P3+. The minimum absolute atomic E-state index is 0.210. The maximum Gasteiger partial charge on any atom is 0.694 e. The molecule has 3 aromatic rings. The van der Waals surface area contributed by atoms with E-state index in [4.69, 9.17) is 42.9 Å². The molecule has 6 rings (SSSR count). The molecule has 3 unspecified atom stereocenters. The average Bonchev–Trinajstić information content (AvgIpc) is 3.74. The van der Waals surface area contributed by atoms with Gasteiger partial charge in [0.15, 0.2) is 18.7 Å². The number of ether oxygens (including phenoxy) is 3. The van der Waals surface area contributed by atoms with Crippen molar-refractivity contribution in [3.05, 3.63) is 89.0 Å². The van der Waals surface area contributed by atoms with Gasteiger partial charge in [-0.2, -0.15) is 4.98 Å². The number of phosphoric acid groups is 2. The minimum Gasteiger partial charge on any atom is -0.387 e. The number of nitrogens with two attached hydrogens (primary N) is 1. The molecule has 3 aliphatic rings. The lowest BCUT2D eigenvalue weighted by atomic mass is 10.1. The van der Waals surface area contributed by atoms with E-state index in [0.29, 0.717) is 9.13 Å². The number of hydrogen-bond donors (Lipinski definition) is 10. The Bertz CT molecular complexity index is 2460. The number of hydrogen-bond acceptors (Lipinski definition) is 22. The number of aromatic amines is 2. The van der Waals surface area contributed by atoms with E-state index in [0.717, 1.165) is 41.4 Å². The van der Waals surface area contributed by atoms with Crippen molar-refractivity contribution >= 4 is 29.7 Å². The lowest BCUT2D eigenvalue weighted by Crippen LogP contribution is -2.39. The summed E-state index contributed by atoms with van der Waals surface area (Å²) in [6.45, 7) is -3.09. The van der Waals surface area contributed by atoms with Crippen LogP contribution in [0.4, 0.5) is 5.82 Å². The Balaban J connectivity index is 1.18. The summed E-state index contributed by atoms with van der Waals surface area (Å²) in [4.78, 5) is 98.2. The number of aromatic nitrogens is 6. The van der Waals surface area contributed by atoms with E-state index in [1.807, 2.05) is 9.97 Å². The van der Waals surface area contributed by atoms with E-state index in [2.05, 4.69) is 9.51 Å². The monoisotopic (exact) mass is 918 g/mol. The van der Waals surface area contributed by atoms with Gasteiger partial charge in [0.1, 0.15) is 67.4 Å². The molecule has 11 N–H and O–H groups in total. The summed E-state index contributed by atoms with van der Waals surface area (Å²) in [5.41, 5.74) is 0.595. The van der Waals surface area contributed by atoms with Crippen molar-refractivity contribution < 1.29 is 85.6 Å². The zero-order valence-electron chi connectivity index (χ0n) is 29.9. The van der Waals surface area contributed by atoms with Gasteiger partial charge in [-0.15, -0.1) is 9.42 Å². The van der Waals surface area contributed by atoms with Crippen LogP contribution in [0.15, 0.2) is 60.8 Å². The van der Waals surface area contributed by atoms with Crippen molar-refractivity contribution in [2.45, 2.75) is 73.6 Å². The Morgan fingerprint density at radius 2 is 1.12 bits per heavy atom. The second-order valence-corrected chi connectivity index (χ2v) is 16.5. The standard InChI is InChI=1S/C27H34N7O23P3/c28-13-1-4-32(25(41)29-13)23-18(39)20(11(54-23)7-50-58(44)45)56-60(48,49)52-9-12-21(19(40)24(55-12)34-6-3-15(36)31-27(34)43)57-59(46,47)51-8-10-16(37)17(38)22(53-10)33-5-2-14(35)30-26(33)42/h1-6,10-12,16-24,37-40H,7-9H2,(H6-,28,29,30,31,35,36,41,42,43,44,45,46,47,48,49)/p+1/t10-,11-,12-,16-,17-,18-,19-,20-,21-,22-,23-,24-/m1/s1. The zero-order valence-corrected chi connectivity index (χ0v) is 32.6. The molecule has 33 heteroatoms. The van der Waals surface area contributed by atoms with E-state index in [-0.39, 0.29) is 5.82 Å². The molecule has 3 aromatic heterocycles. The highest BCUT2D eigenvalue weighted by Gasteiger charge is 2.53. The number of aliphatic hydroxyl groups is 4. The first-order valence-corrected chi connectivity index (χ1v) is 21.0. The van der Waals surface area contributed by atoms with Crippen LogP contribution >= 0.6 is 23.9 Å². The van der Waals surface area contributed by atoms with Gasteiger partial charge in [0.2, 0.25) is 0 Å². The van der Waals surface area contributed by atoms with Crippen LogP contribution in [0, 0.1) is 0 Å². The number of nitrogens with one attached hydrogen (secondary N) is 2. The smallest absolute Gasteiger partial charge is 0.387 e. The van der Waals surface area contributed by atoms with Gasteiger partial charge in [0.05, 0.1) is 13.2 Å². The molecule has 0 bridgehead atoms. The first-order valence-electron chi connectivity index (χ1n) is 16.9. The summed E-state index contributed by atoms with van der Waals surface area (Å²) in [5, 5.41) is 43.2. The van der Waals surface area contributed by atoms with Crippen LogP contribution in [0.25, 0.3) is 0 Å². The van der Waals surface area contributed by atoms with Crippen molar-refractivity contribution in [3.63, 3.8) is 0 Å². The molecular weight excluding hydrogens is 883 g/mol. The van der Waals surface area contributed by atoms with E-state index < -0.39 is 146 Å². The second-order valence-electron chi connectivity index (χ2n) is 12.9. The fourth-order valence-electron chi connectivity index (χ4n) is 6.24. The van der Waals surface area contributed by atoms with Crippen molar-refractivity contribution in [2.24, 2.45) is 0 Å². The number of anilines is 1. The van der Waals surface area contributed by atoms with Crippen LogP contribution in [-0.4, -0.2) is 139 Å². The molecule has 0 aromatic carbocycles. The summed E-state index contributed by atoms with van der Waals surface area (Å²) in [7, 11) is -14.2. The number of H-pyrrole nitrogens is 2. The Hall–Kier alpha value is -4.00. The molecule has 3 aliphatic heterocycles. The highest BCUT2D eigenvalue weighted by Crippen LogP contribution is 2.52. The highest BCUT2D eigenvalue weighted by molar-refractivity contribution is 7.47. The van der Waals surface area contributed by atoms with Gasteiger partial charge >= 0.3 is 41.0 Å². The minimum atomic E-state index is -5.50. The third-order valence-corrected chi connectivity index (χ3v) is 11.3. The van der Waals surface area contributed by atoms with Gasteiger partial charge in [0, 0.05) is 35.3 Å². The van der Waals surface area contributed by atoms with Crippen molar-refractivity contribution in [1.82, 2.24) is 28.7 Å². The average molecular weight is 919 g/mol. The van der Waals surface area contributed by atoms with Crippen LogP contribution in [0.2, 0.25) is 0 Å². The first kappa shape index (κ1) is 45.5. The Kier molecular flexibility index (Phi) is 13.8. The fraction of sp³-hybridized carbons (Fsp3) is 0.556. The summed E-state index contributed by atoms with van der Waals surface area (Å²) in [6, 6.07) is 2.90. The Labute approximate surface area is 332 Å². The summed E-state index contributed by atoms with van der Waals surface area (Å²) >= 11 is 0. The van der Waals surface area contributed by atoms with Gasteiger partial charge in [-0.1, -0.05) is 0 Å². The van der Waals surface area contributed by atoms with Crippen LogP contribution in [-0.2, 0) is 50.5 Å². The summed E-state index contributed by atoms with van der Waals surface area (Å²) in [5.74, 6) is -0.210. The lowest BCUT2D eigenvalue weighted by Gasteiger charge is -2.25. The highest BCUT2D eigenvalue weighted by atomic mass is 31.2. The number of nitrogen functional groups attached to an aromatic ring is 1. The number of rotatable bonds is 16. The van der Waals surface area contributed by atoms with Crippen LogP contribution < -0.4 is 33.9 Å². The molecule has 60 heavy (non-hydrogen) atoms.